The van der Waals surface area contributed by atoms with Gasteiger partial charge in [0, 0.05) is 25.2 Å². The van der Waals surface area contributed by atoms with Crippen molar-refractivity contribution in [2.75, 3.05) is 39.6 Å². The molecule has 0 aromatic heterocycles. The number of hydrogen-bond donors (Lipinski definition) is 0. The largest absolute Gasteiger partial charge is 0.465 e. The topological polar surface area (TPSA) is 316 Å². The van der Waals surface area contributed by atoms with Gasteiger partial charge in [0.1, 0.15) is 25.4 Å². The monoisotopic (exact) mass is 1100 g/mol. The fraction of sp³-hybridized carbons (Fsp3) is 0.774. The Labute approximate surface area is 450 Å². The zero-order valence-electron chi connectivity index (χ0n) is 47.4. The Morgan fingerprint density at radius 3 is 1.12 bits per heavy atom. The third kappa shape index (κ3) is 24.2. The van der Waals surface area contributed by atoms with E-state index in [1.807, 2.05) is 27.7 Å². The van der Waals surface area contributed by atoms with Gasteiger partial charge in [-0.2, -0.15) is 0 Å². The first kappa shape index (κ1) is 68.7. The average molecular weight is 1100 g/mol. The standard InChI is InChI=1S/C14H22O6.3C13H20O6/c1-5-14(3,4)13(17)18-7-6-11(15)20-10-8-9(2)19-12(10)16;1-5-13(3,4)12(16)18-7-9(14)19-10-8(2)6-17-11(10)15;1-5-13(3,4)12(16)17-7-10(14)19-9-6-8(2)18-11(9)15;1-4-13(2,3)12(16)18-8-6-10(14)19-9-5-7-17-11(9)15/h9-10H,5-8H2,1-4H3;8,10H,5-7H2,1-4H3;8-9H,5-7H2,1-4H3;9H,4-8H2,1-3H3. The lowest BCUT2D eigenvalue weighted by atomic mass is 9.91. The average Bonchev–Trinajstić information content (AvgIpc) is 4.11. The molecule has 0 aromatic rings. The van der Waals surface area contributed by atoms with Crippen LogP contribution in [0.4, 0.5) is 0 Å². The van der Waals surface area contributed by atoms with E-state index in [1.165, 1.54) is 0 Å². The summed E-state index contributed by atoms with van der Waals surface area (Å²) in [5.74, 6) is -6.55. The van der Waals surface area contributed by atoms with Crippen molar-refractivity contribution in [1.82, 2.24) is 0 Å². The first-order valence-corrected chi connectivity index (χ1v) is 25.9. The molecule has 4 rings (SSSR count). The Morgan fingerprint density at radius 2 is 0.805 bits per heavy atom. The summed E-state index contributed by atoms with van der Waals surface area (Å²) in [6.45, 7) is 26.2. The lowest BCUT2D eigenvalue weighted by Crippen LogP contribution is -2.32. The van der Waals surface area contributed by atoms with Gasteiger partial charge >= 0.3 is 71.6 Å². The van der Waals surface area contributed by atoms with Gasteiger partial charge < -0.3 is 56.8 Å². The number of cyclic esters (lactones) is 4. The minimum atomic E-state index is -0.898. The Hall–Kier alpha value is -6.36. The van der Waals surface area contributed by atoms with E-state index in [1.54, 1.807) is 76.2 Å². The highest BCUT2D eigenvalue weighted by Gasteiger charge is 2.39. The second-order valence-corrected chi connectivity index (χ2v) is 21.2. The number of hydrogen-bond acceptors (Lipinski definition) is 24. The van der Waals surface area contributed by atoms with Crippen molar-refractivity contribution in [3.63, 3.8) is 0 Å². The maximum Gasteiger partial charge on any atom is 0.347 e. The molecule has 0 N–H and O–H groups in total. The molecule has 0 aromatic carbocycles. The number of carbonyl (C=O) groups is 12. The molecule has 0 aliphatic carbocycles. The molecular weight excluding hydrogens is 1020 g/mol. The van der Waals surface area contributed by atoms with E-state index in [0.29, 0.717) is 44.9 Å². The molecule has 24 heteroatoms. The molecule has 7 unspecified atom stereocenters. The summed E-state index contributed by atoms with van der Waals surface area (Å²) in [6, 6.07) is 0. The molecule has 7 atom stereocenters. The number of esters is 12. The Balaban J connectivity index is 0.000000513. The quantitative estimate of drug-likeness (QED) is 0.100. The lowest BCUT2D eigenvalue weighted by molar-refractivity contribution is -0.171. The van der Waals surface area contributed by atoms with Gasteiger partial charge in [-0.15, -0.1) is 0 Å². The molecule has 0 radical (unpaired) electrons. The second-order valence-electron chi connectivity index (χ2n) is 21.2. The fourth-order valence-corrected chi connectivity index (χ4v) is 5.86. The van der Waals surface area contributed by atoms with Crippen molar-refractivity contribution in [3.05, 3.63) is 0 Å². The third-order valence-corrected chi connectivity index (χ3v) is 12.9. The van der Waals surface area contributed by atoms with E-state index in [2.05, 4.69) is 4.74 Å². The van der Waals surface area contributed by atoms with Crippen molar-refractivity contribution in [3.8, 4) is 0 Å². The van der Waals surface area contributed by atoms with E-state index < -0.39 is 119 Å². The van der Waals surface area contributed by atoms with Crippen LogP contribution in [0.1, 0.15) is 162 Å². The molecule has 4 saturated heterocycles. The van der Waals surface area contributed by atoms with Gasteiger partial charge in [0.15, 0.2) is 13.2 Å². The summed E-state index contributed by atoms with van der Waals surface area (Å²) >= 11 is 0. The van der Waals surface area contributed by atoms with Crippen molar-refractivity contribution < 1.29 is 114 Å². The number of rotatable bonds is 22. The molecule has 4 aliphatic heterocycles. The van der Waals surface area contributed by atoms with E-state index in [-0.39, 0.29) is 69.3 Å². The van der Waals surface area contributed by atoms with Crippen molar-refractivity contribution in [2.45, 2.75) is 198 Å². The molecule has 0 spiro atoms. The zero-order valence-corrected chi connectivity index (χ0v) is 47.4. The van der Waals surface area contributed by atoms with Gasteiger partial charge in [0.2, 0.25) is 24.4 Å². The van der Waals surface area contributed by atoms with Crippen LogP contribution in [0.15, 0.2) is 0 Å². The van der Waals surface area contributed by atoms with Gasteiger partial charge in [-0.3, -0.25) is 28.8 Å². The Morgan fingerprint density at radius 1 is 0.455 bits per heavy atom. The SMILES string of the molecule is CCC(C)(C)C(=O)OCC(=O)OC1C(=O)OCC1C.CCC(C)(C)C(=O)OCC(=O)OC1CC(C)OC1=O.CCC(C)(C)C(=O)OCCC(=O)OC1CC(C)OC1=O.CCC(C)(C)C(=O)OCCC(=O)OC1CCOC1=O. The Kier molecular flexibility index (Phi) is 28.3. The fourth-order valence-electron chi connectivity index (χ4n) is 5.86. The second kappa shape index (κ2) is 31.8. The van der Waals surface area contributed by atoms with Gasteiger partial charge in [0.05, 0.1) is 47.7 Å². The highest BCUT2D eigenvalue weighted by molar-refractivity contribution is 5.85. The molecule has 0 amide bonds. The van der Waals surface area contributed by atoms with Crippen LogP contribution < -0.4 is 0 Å². The molecule has 24 nitrogen and oxygen atoms in total. The first-order valence-electron chi connectivity index (χ1n) is 25.9. The summed E-state index contributed by atoms with van der Waals surface area (Å²) in [4.78, 5) is 137. The molecule has 4 heterocycles. The van der Waals surface area contributed by atoms with Gasteiger partial charge in [-0.05, 0) is 94.9 Å². The van der Waals surface area contributed by atoms with Crippen LogP contribution in [-0.2, 0) is 114 Å². The van der Waals surface area contributed by atoms with Crippen LogP contribution in [0.25, 0.3) is 0 Å². The summed E-state index contributed by atoms with van der Waals surface area (Å²) in [7, 11) is 0. The summed E-state index contributed by atoms with van der Waals surface area (Å²) < 4.78 is 58.6. The van der Waals surface area contributed by atoms with Crippen LogP contribution in [0.2, 0.25) is 0 Å². The lowest BCUT2D eigenvalue weighted by Gasteiger charge is -2.20. The molecule has 0 saturated carbocycles. The highest BCUT2D eigenvalue weighted by Crippen LogP contribution is 2.26. The first-order chi connectivity index (χ1) is 35.7. The summed E-state index contributed by atoms with van der Waals surface area (Å²) in [5.41, 5.74) is -2.39. The van der Waals surface area contributed by atoms with E-state index in [9.17, 15) is 57.5 Å². The summed E-state index contributed by atoms with van der Waals surface area (Å²) in [6.07, 6.45) is -0.443. The van der Waals surface area contributed by atoms with Crippen molar-refractivity contribution in [2.24, 2.45) is 27.6 Å². The summed E-state index contributed by atoms with van der Waals surface area (Å²) in [5, 5.41) is 0. The normalized spacial score (nSPS) is 21.7. The van der Waals surface area contributed by atoms with Gasteiger partial charge in [0.25, 0.3) is 0 Å². The molecule has 0 bridgehead atoms. The van der Waals surface area contributed by atoms with Crippen molar-refractivity contribution >= 4 is 71.6 Å². The molecule has 438 valence electrons. The minimum absolute atomic E-state index is 0.0388. The smallest absolute Gasteiger partial charge is 0.347 e. The highest BCUT2D eigenvalue weighted by atomic mass is 16.6. The predicted molar refractivity (Wildman–Crippen MR) is 265 cm³/mol. The number of ether oxygens (including phenoxy) is 12. The van der Waals surface area contributed by atoms with Crippen LogP contribution in [0.5, 0.6) is 0 Å². The van der Waals surface area contributed by atoms with Gasteiger partial charge in [-0.25, -0.2) is 28.8 Å². The number of carbonyl (C=O) groups excluding carboxylic acids is 12. The third-order valence-electron chi connectivity index (χ3n) is 12.9. The maximum absolute atomic E-state index is 11.7. The predicted octanol–water partition coefficient (Wildman–Crippen LogP) is 5.10. The molecule has 4 aliphatic rings. The van der Waals surface area contributed by atoms with E-state index in [0.717, 1.165) is 0 Å². The van der Waals surface area contributed by atoms with Crippen LogP contribution in [0.3, 0.4) is 0 Å². The van der Waals surface area contributed by atoms with Crippen LogP contribution in [-0.4, -0.2) is 148 Å². The minimum Gasteiger partial charge on any atom is -0.465 e. The van der Waals surface area contributed by atoms with E-state index >= 15 is 0 Å². The molecule has 4 fully saturated rings. The van der Waals surface area contributed by atoms with E-state index in [4.69, 9.17) is 52.1 Å². The van der Waals surface area contributed by atoms with Crippen LogP contribution >= 0.6 is 0 Å². The van der Waals surface area contributed by atoms with Gasteiger partial charge in [-0.1, -0.05) is 34.6 Å². The van der Waals surface area contributed by atoms with Crippen molar-refractivity contribution in [1.29, 1.82) is 0 Å². The zero-order chi connectivity index (χ0) is 59.1. The Bertz CT molecular complexity index is 2070. The van der Waals surface area contributed by atoms with Crippen LogP contribution in [0, 0.1) is 27.6 Å². The molecule has 77 heavy (non-hydrogen) atoms. The maximum atomic E-state index is 11.7. The molecular formula is C53H82O24.